The molecule has 140 valence electrons. The minimum Gasteiger partial charge on any atom is -0.326 e. The predicted molar refractivity (Wildman–Crippen MR) is 108 cm³/mol. The van der Waals surface area contributed by atoms with Gasteiger partial charge in [-0.3, -0.25) is 0 Å². The molecule has 0 N–H and O–H groups in total. The first-order chi connectivity index (χ1) is 14.5. The molecule has 0 spiro atoms. The molecule has 30 heavy (non-hydrogen) atoms. The third kappa shape index (κ3) is 2.66. The highest BCUT2D eigenvalue weighted by Crippen LogP contribution is 2.14. The van der Waals surface area contributed by atoms with Gasteiger partial charge < -0.3 is 9.13 Å². The van der Waals surface area contributed by atoms with Gasteiger partial charge in [0.05, 0.1) is 22.1 Å². The number of fused-ring (bicyclic) bond motifs is 2. The van der Waals surface area contributed by atoms with Crippen LogP contribution in [0.3, 0.4) is 0 Å². The van der Waals surface area contributed by atoms with Crippen molar-refractivity contribution in [1.29, 1.82) is 21.0 Å². The Morgan fingerprint density at radius 1 is 0.667 bits per heavy atom. The van der Waals surface area contributed by atoms with Crippen LogP contribution in [0.15, 0.2) is 36.4 Å². The van der Waals surface area contributed by atoms with E-state index >= 15 is 0 Å². The van der Waals surface area contributed by atoms with Gasteiger partial charge in [-0.25, -0.2) is 9.97 Å². The van der Waals surface area contributed by atoms with Crippen molar-refractivity contribution in [2.24, 2.45) is 14.1 Å². The summed E-state index contributed by atoms with van der Waals surface area (Å²) in [6.45, 7) is 0. The fraction of sp³-hybridized carbons (Fsp3) is 0.0909. The highest BCUT2D eigenvalue weighted by Gasteiger charge is 2.08. The number of imidazole rings is 2. The fourth-order valence-corrected chi connectivity index (χ4v) is 3.44. The van der Waals surface area contributed by atoms with Gasteiger partial charge in [-0.1, -0.05) is 12.1 Å². The summed E-state index contributed by atoms with van der Waals surface area (Å²) in [6, 6.07) is 18.9. The lowest BCUT2D eigenvalue weighted by Crippen LogP contribution is -2.17. The highest BCUT2D eigenvalue weighted by molar-refractivity contribution is 5.80. The zero-order valence-corrected chi connectivity index (χ0v) is 16.0. The monoisotopic (exact) mass is 388 g/mol. The summed E-state index contributed by atoms with van der Waals surface area (Å²) in [5, 5.41) is 38.4. The zero-order valence-electron chi connectivity index (χ0n) is 16.0. The van der Waals surface area contributed by atoms with E-state index in [2.05, 4.69) is 9.97 Å². The van der Waals surface area contributed by atoms with E-state index in [1.54, 1.807) is 23.2 Å². The van der Waals surface area contributed by atoms with E-state index in [1.807, 2.05) is 60.7 Å². The lowest BCUT2D eigenvalue weighted by Gasteiger charge is -1.97. The Bertz CT molecular complexity index is 1590. The molecule has 0 saturated carbocycles. The first-order valence-corrected chi connectivity index (χ1v) is 8.80. The summed E-state index contributed by atoms with van der Waals surface area (Å²) < 4.78 is 3.45. The molecule has 0 amide bonds. The normalized spacial score (nSPS) is 11.4. The van der Waals surface area contributed by atoms with Crippen LogP contribution in [0, 0.1) is 55.8 Å². The van der Waals surface area contributed by atoms with Crippen molar-refractivity contribution >= 4 is 33.2 Å². The van der Waals surface area contributed by atoms with Crippen LogP contribution in [0.4, 0.5) is 0 Å². The Kier molecular flexibility index (Phi) is 4.25. The molecule has 0 saturated heterocycles. The number of hydrogen-bond donors (Lipinski definition) is 0. The molecule has 0 radical (unpaired) electrons. The maximum atomic E-state index is 9.15. The number of rotatable bonds is 0. The molecule has 4 rings (SSSR count). The number of nitrogens with zero attached hydrogens (tertiary/aromatic N) is 8. The summed E-state index contributed by atoms with van der Waals surface area (Å²) in [5.41, 5.74) is 3.53. The standard InChI is InChI=1S/C22H12N8/c1-29-19-7-13(3-5-17(19)27-21(29)15(9-23)10-24)14-4-6-18-20(8-14)30(2)22(28-18)16(11-25)12-26/h3-8H,1-2H3/b14-13+. The molecule has 0 fully saturated rings. The summed E-state index contributed by atoms with van der Waals surface area (Å²) in [4.78, 5) is 8.79. The molecule has 4 aromatic rings. The van der Waals surface area contributed by atoms with Crippen LogP contribution >= 0.6 is 0 Å². The van der Waals surface area contributed by atoms with Gasteiger partial charge in [0.1, 0.15) is 24.3 Å². The van der Waals surface area contributed by atoms with E-state index in [1.165, 1.54) is 0 Å². The predicted octanol–water partition coefficient (Wildman–Crippen LogP) is 1.14. The van der Waals surface area contributed by atoms with Crippen LogP contribution in [0.1, 0.15) is 0 Å². The largest absolute Gasteiger partial charge is 0.326 e. The van der Waals surface area contributed by atoms with Crippen molar-refractivity contribution in [2.45, 2.75) is 0 Å². The second-order valence-corrected chi connectivity index (χ2v) is 6.59. The van der Waals surface area contributed by atoms with Crippen molar-refractivity contribution in [1.82, 2.24) is 19.1 Å². The minimum absolute atomic E-state index is 0.0406. The summed E-state index contributed by atoms with van der Waals surface area (Å²) in [5.74, 6) is 0. The topological polar surface area (TPSA) is 131 Å². The van der Waals surface area contributed by atoms with E-state index in [4.69, 9.17) is 21.0 Å². The first-order valence-electron chi connectivity index (χ1n) is 8.80. The molecule has 2 heterocycles. The average Bonchev–Trinajstić information content (AvgIpc) is 3.27. The smallest absolute Gasteiger partial charge is 0.172 e. The van der Waals surface area contributed by atoms with Crippen molar-refractivity contribution in [3.63, 3.8) is 0 Å². The van der Waals surface area contributed by atoms with Crippen LogP contribution in [0.25, 0.3) is 33.2 Å². The molecule has 0 unspecified atom stereocenters. The molecule has 2 aromatic carbocycles. The zero-order chi connectivity index (χ0) is 21.4. The molecule has 0 aliphatic carbocycles. The Balaban J connectivity index is 2.10. The average molecular weight is 388 g/mol. The second kappa shape index (κ2) is 6.91. The van der Waals surface area contributed by atoms with E-state index in [-0.39, 0.29) is 11.1 Å². The van der Waals surface area contributed by atoms with Gasteiger partial charge in [0.15, 0.2) is 22.1 Å². The van der Waals surface area contributed by atoms with Crippen molar-refractivity contribution in [2.75, 3.05) is 0 Å². The van der Waals surface area contributed by atoms with Gasteiger partial charge >= 0.3 is 0 Å². The van der Waals surface area contributed by atoms with E-state index in [0.29, 0.717) is 22.0 Å². The molecule has 8 nitrogen and oxygen atoms in total. The molecule has 0 atom stereocenters. The maximum absolute atomic E-state index is 9.15. The van der Waals surface area contributed by atoms with Crippen LogP contribution < -0.4 is 11.0 Å². The molecule has 2 aromatic heterocycles. The first kappa shape index (κ1) is 18.4. The minimum atomic E-state index is -0.0406. The van der Waals surface area contributed by atoms with Gasteiger partial charge in [0.25, 0.3) is 0 Å². The van der Waals surface area contributed by atoms with Crippen molar-refractivity contribution in [3.8, 4) is 24.3 Å². The Morgan fingerprint density at radius 3 is 1.37 bits per heavy atom. The van der Waals surface area contributed by atoms with Gasteiger partial charge in [-0.05, 0) is 34.7 Å². The van der Waals surface area contributed by atoms with Crippen molar-refractivity contribution < 1.29 is 0 Å². The molecule has 0 aliphatic heterocycles. The van der Waals surface area contributed by atoms with Crippen molar-refractivity contribution in [3.05, 3.63) is 57.8 Å². The lowest BCUT2D eigenvalue weighted by molar-refractivity contribution is 0.896. The number of nitriles is 4. The Labute approximate surface area is 170 Å². The molecule has 0 bridgehead atoms. The third-order valence-corrected chi connectivity index (χ3v) is 4.99. The summed E-state index contributed by atoms with van der Waals surface area (Å²) >= 11 is 0. The van der Waals surface area contributed by atoms with Gasteiger partial charge in [-0.2, -0.15) is 21.0 Å². The van der Waals surface area contributed by atoms with Gasteiger partial charge in [0.2, 0.25) is 0 Å². The van der Waals surface area contributed by atoms with Gasteiger partial charge in [0, 0.05) is 14.1 Å². The second-order valence-electron chi connectivity index (χ2n) is 6.59. The van der Waals surface area contributed by atoms with E-state index < -0.39 is 0 Å². The summed E-state index contributed by atoms with van der Waals surface area (Å²) in [6.07, 6.45) is 0. The Morgan fingerprint density at radius 2 is 1.03 bits per heavy atom. The fourth-order valence-electron chi connectivity index (χ4n) is 3.44. The highest BCUT2D eigenvalue weighted by atomic mass is 15.0. The van der Waals surface area contributed by atoms with E-state index in [0.717, 1.165) is 21.5 Å². The Hall–Kier alpha value is -4.92. The number of aryl methyl sites for hydroxylation is 2. The van der Waals surface area contributed by atoms with E-state index in [9.17, 15) is 0 Å². The number of benzene rings is 2. The summed E-state index contributed by atoms with van der Waals surface area (Å²) in [7, 11) is 3.53. The van der Waals surface area contributed by atoms with Crippen LogP contribution in [-0.2, 0) is 14.1 Å². The third-order valence-electron chi connectivity index (χ3n) is 4.99. The van der Waals surface area contributed by atoms with Crippen LogP contribution in [0.2, 0.25) is 0 Å². The number of aromatic nitrogens is 4. The van der Waals surface area contributed by atoms with Gasteiger partial charge in [-0.15, -0.1) is 0 Å². The SMILES string of the molecule is Cn1c(=C(C#N)C#N)nc2cc/c(=c3/ccc4nc(=C(C#N)C#N)n(C)c4c3)cc21. The quantitative estimate of drug-likeness (QED) is 0.444. The lowest BCUT2D eigenvalue weighted by atomic mass is 10.2. The molecular formula is C22H12N8. The maximum Gasteiger partial charge on any atom is 0.172 e. The molecular weight excluding hydrogens is 376 g/mol. The van der Waals surface area contributed by atoms with Crippen LogP contribution in [-0.4, -0.2) is 19.1 Å². The number of hydrogen-bond acceptors (Lipinski definition) is 6. The molecule has 8 heteroatoms. The van der Waals surface area contributed by atoms with Crippen LogP contribution in [0.5, 0.6) is 0 Å². The molecule has 0 aliphatic rings.